The molecule has 6 nitrogen and oxygen atoms in total. The molecule has 162 valence electrons. The van der Waals surface area contributed by atoms with Crippen molar-refractivity contribution in [3.63, 3.8) is 0 Å². The molecule has 2 aromatic carbocycles. The minimum atomic E-state index is -0.253. The maximum Gasteiger partial charge on any atom is 0.139 e. The fourth-order valence-electron chi connectivity index (χ4n) is 2.85. The monoisotopic (exact) mass is 422 g/mol. The molecule has 2 aromatic heterocycles. The smallest absolute Gasteiger partial charge is 0.139 e. The number of pyridine rings is 1. The summed E-state index contributed by atoms with van der Waals surface area (Å²) >= 11 is 0. The summed E-state index contributed by atoms with van der Waals surface area (Å²) in [5, 5.41) is 7.43. The maximum absolute atomic E-state index is 13.5. The highest BCUT2D eigenvalue weighted by Crippen LogP contribution is 2.30. The summed E-state index contributed by atoms with van der Waals surface area (Å²) in [4.78, 5) is 23.8. The van der Waals surface area contributed by atoms with Gasteiger partial charge >= 0.3 is 0 Å². The van der Waals surface area contributed by atoms with E-state index >= 15 is 0 Å². The van der Waals surface area contributed by atoms with Gasteiger partial charge in [-0.1, -0.05) is 32.0 Å². The molecule has 0 saturated carbocycles. The van der Waals surface area contributed by atoms with E-state index in [4.69, 9.17) is 9.59 Å². The summed E-state index contributed by atoms with van der Waals surface area (Å²) in [5.74, 6) is 0.501. The van der Waals surface area contributed by atoms with Crippen LogP contribution in [0.3, 0.4) is 0 Å². The number of hydrogen-bond acceptors (Lipinski definition) is 5. The van der Waals surface area contributed by atoms with Crippen molar-refractivity contribution < 1.29 is 14.0 Å². The standard InChI is InChI=1S/C20H17FN4.C2H6.2CH2O/c1-22-15-6-3-7-16(11-15)24-20-17-12-19(25-18(17)8-9-23-20)13-4-2-5-14(21)10-13;3*1-2/h2-12,22,25H,1H3,(H,23,24);1-2H3;2*1H2. The normalized spacial score (nSPS) is 9.16. The van der Waals surface area contributed by atoms with Crippen LogP contribution in [0.2, 0.25) is 0 Å². The van der Waals surface area contributed by atoms with Crippen LogP contribution in [0, 0.1) is 5.82 Å². The molecule has 2 heterocycles. The number of H-pyrrole nitrogens is 1. The first kappa shape index (κ1) is 25.0. The number of fused-ring (bicyclic) bond motifs is 1. The molecule has 0 radical (unpaired) electrons. The van der Waals surface area contributed by atoms with E-state index in [-0.39, 0.29) is 5.82 Å². The summed E-state index contributed by atoms with van der Waals surface area (Å²) in [5.41, 5.74) is 4.57. The highest BCUT2D eigenvalue weighted by Gasteiger charge is 2.09. The van der Waals surface area contributed by atoms with E-state index in [9.17, 15) is 4.39 Å². The van der Waals surface area contributed by atoms with Crippen LogP contribution in [0.1, 0.15) is 13.8 Å². The molecule has 0 aliphatic heterocycles. The average Bonchev–Trinajstić information content (AvgIpc) is 3.29. The SMILES string of the molecule is C=O.C=O.CC.CNc1cccc(Nc2nccc3[nH]c(-c4cccc(F)c4)cc23)c1. The van der Waals surface area contributed by atoms with Crippen LogP contribution in [-0.2, 0) is 9.59 Å². The van der Waals surface area contributed by atoms with Gasteiger partial charge in [0.15, 0.2) is 0 Å². The predicted molar refractivity (Wildman–Crippen MR) is 126 cm³/mol. The second kappa shape index (κ2) is 13.3. The first-order valence-corrected chi connectivity index (χ1v) is 9.59. The maximum atomic E-state index is 13.5. The van der Waals surface area contributed by atoms with Crippen molar-refractivity contribution in [3.05, 3.63) is 72.7 Å². The van der Waals surface area contributed by atoms with E-state index in [1.165, 1.54) is 12.1 Å². The number of carbonyl (C=O) groups is 2. The number of nitrogens with zero attached hydrogens (tertiary/aromatic N) is 1. The average molecular weight is 423 g/mol. The zero-order valence-electron chi connectivity index (χ0n) is 17.9. The van der Waals surface area contributed by atoms with Gasteiger partial charge in [0.25, 0.3) is 0 Å². The minimum Gasteiger partial charge on any atom is -0.388 e. The summed E-state index contributed by atoms with van der Waals surface area (Å²) in [6, 6.07) is 18.4. The fourth-order valence-corrected chi connectivity index (χ4v) is 2.85. The Kier molecular flexibility index (Phi) is 10.7. The van der Waals surface area contributed by atoms with Gasteiger partial charge in [-0.15, -0.1) is 0 Å². The van der Waals surface area contributed by atoms with Gasteiger partial charge < -0.3 is 25.2 Å². The minimum absolute atomic E-state index is 0.253. The summed E-state index contributed by atoms with van der Waals surface area (Å²) < 4.78 is 13.5. The summed E-state index contributed by atoms with van der Waals surface area (Å²) in [6.45, 7) is 8.00. The number of anilines is 3. The van der Waals surface area contributed by atoms with Gasteiger partial charge in [-0.05, 0) is 42.5 Å². The van der Waals surface area contributed by atoms with Crippen molar-refractivity contribution in [3.8, 4) is 11.3 Å². The Morgan fingerprint density at radius 1 is 0.903 bits per heavy atom. The van der Waals surface area contributed by atoms with E-state index < -0.39 is 0 Å². The predicted octanol–water partition coefficient (Wildman–Crippen LogP) is 5.81. The molecule has 7 heteroatoms. The summed E-state index contributed by atoms with van der Waals surface area (Å²) in [7, 11) is 1.88. The van der Waals surface area contributed by atoms with Crippen molar-refractivity contribution in [2.45, 2.75) is 13.8 Å². The van der Waals surface area contributed by atoms with E-state index in [1.807, 2.05) is 76.9 Å². The van der Waals surface area contributed by atoms with Gasteiger partial charge in [0, 0.05) is 41.3 Å². The molecule has 0 unspecified atom stereocenters. The molecule has 0 aliphatic rings. The van der Waals surface area contributed by atoms with E-state index in [0.717, 1.165) is 39.4 Å². The van der Waals surface area contributed by atoms with Gasteiger partial charge in [-0.2, -0.15) is 0 Å². The molecule has 4 aromatic rings. The molecule has 0 aliphatic carbocycles. The molecule has 3 N–H and O–H groups in total. The molecule has 0 spiro atoms. The lowest BCUT2D eigenvalue weighted by Gasteiger charge is -2.08. The van der Waals surface area contributed by atoms with Crippen molar-refractivity contribution in [2.75, 3.05) is 17.7 Å². The second-order valence-corrected chi connectivity index (χ2v) is 5.77. The Balaban J connectivity index is 0.000000739. The lowest BCUT2D eigenvalue weighted by Crippen LogP contribution is -1.95. The highest BCUT2D eigenvalue weighted by molar-refractivity contribution is 5.95. The third-order valence-electron chi connectivity index (χ3n) is 4.10. The first-order chi connectivity index (χ1) is 15.2. The van der Waals surface area contributed by atoms with Crippen LogP contribution in [0.25, 0.3) is 22.2 Å². The molecule has 0 atom stereocenters. The number of nitrogens with one attached hydrogen (secondary N) is 3. The van der Waals surface area contributed by atoms with Crippen molar-refractivity contribution in [1.29, 1.82) is 0 Å². The first-order valence-electron chi connectivity index (χ1n) is 9.59. The van der Waals surface area contributed by atoms with Gasteiger partial charge in [0.1, 0.15) is 25.2 Å². The molecule has 0 amide bonds. The zero-order chi connectivity index (χ0) is 23.2. The fraction of sp³-hybridized carbons (Fsp3) is 0.125. The largest absolute Gasteiger partial charge is 0.388 e. The van der Waals surface area contributed by atoms with E-state index in [1.54, 1.807) is 12.3 Å². The number of benzene rings is 2. The Labute approximate surface area is 181 Å². The topological polar surface area (TPSA) is 86.9 Å². The zero-order valence-corrected chi connectivity index (χ0v) is 17.9. The molecule has 31 heavy (non-hydrogen) atoms. The van der Waals surface area contributed by atoms with Crippen molar-refractivity contribution >= 4 is 41.7 Å². The third-order valence-corrected chi connectivity index (χ3v) is 4.10. The van der Waals surface area contributed by atoms with Crippen LogP contribution >= 0.6 is 0 Å². The van der Waals surface area contributed by atoms with Crippen molar-refractivity contribution in [1.82, 2.24) is 9.97 Å². The lowest BCUT2D eigenvalue weighted by atomic mass is 10.1. The Bertz CT molecular complexity index is 1080. The molecular formula is C24H27FN4O2. The number of hydrogen-bond donors (Lipinski definition) is 3. The van der Waals surface area contributed by atoms with Gasteiger partial charge in [-0.3, -0.25) is 0 Å². The number of aromatic amines is 1. The van der Waals surface area contributed by atoms with Crippen molar-refractivity contribution in [2.24, 2.45) is 0 Å². The van der Waals surface area contributed by atoms with Gasteiger partial charge in [0.2, 0.25) is 0 Å². The van der Waals surface area contributed by atoms with Crippen LogP contribution in [0.15, 0.2) is 66.9 Å². The van der Waals surface area contributed by atoms with Crippen LogP contribution in [-0.4, -0.2) is 30.6 Å². The number of carbonyl (C=O) groups excluding carboxylic acids is 2. The molecule has 4 rings (SSSR count). The Morgan fingerprint density at radius 2 is 1.58 bits per heavy atom. The van der Waals surface area contributed by atoms with Gasteiger partial charge in [0.05, 0.1) is 5.52 Å². The number of halogens is 1. The van der Waals surface area contributed by atoms with Crippen LogP contribution in [0.4, 0.5) is 21.6 Å². The van der Waals surface area contributed by atoms with E-state index in [2.05, 4.69) is 20.6 Å². The van der Waals surface area contributed by atoms with E-state index in [0.29, 0.717) is 0 Å². The second-order valence-electron chi connectivity index (χ2n) is 5.77. The molecule has 0 fully saturated rings. The third kappa shape index (κ3) is 6.50. The Morgan fingerprint density at radius 3 is 2.26 bits per heavy atom. The molecule has 0 saturated heterocycles. The Hall–Kier alpha value is -4.00. The van der Waals surface area contributed by atoms with Crippen LogP contribution in [0.5, 0.6) is 0 Å². The van der Waals surface area contributed by atoms with Gasteiger partial charge in [-0.25, -0.2) is 9.37 Å². The lowest BCUT2D eigenvalue weighted by molar-refractivity contribution is -0.0987. The highest BCUT2D eigenvalue weighted by atomic mass is 19.1. The molecular weight excluding hydrogens is 395 g/mol. The number of aromatic nitrogens is 2. The van der Waals surface area contributed by atoms with Crippen LogP contribution < -0.4 is 10.6 Å². The summed E-state index contributed by atoms with van der Waals surface area (Å²) in [6.07, 6.45) is 1.75. The number of rotatable bonds is 4. The quantitative estimate of drug-likeness (QED) is 0.386. The molecule has 0 bridgehead atoms.